The van der Waals surface area contributed by atoms with Crippen LogP contribution in [0.1, 0.15) is 29.9 Å². The van der Waals surface area contributed by atoms with E-state index in [4.69, 9.17) is 51.6 Å². The molecule has 0 saturated carbocycles. The fraction of sp³-hybridized carbons (Fsp3) is 0.371. The summed E-state index contributed by atoms with van der Waals surface area (Å²) < 4.78 is 35.2. The number of methoxy groups -OCH3 is 3. The van der Waals surface area contributed by atoms with Gasteiger partial charge in [0.1, 0.15) is 28.7 Å². The third kappa shape index (κ3) is 7.83. The van der Waals surface area contributed by atoms with Crippen molar-refractivity contribution in [3.05, 3.63) is 90.0 Å². The zero-order valence-electron chi connectivity index (χ0n) is 25.3. The molecule has 4 aromatic carbocycles. The van der Waals surface area contributed by atoms with E-state index in [-0.39, 0.29) is 12.0 Å². The van der Waals surface area contributed by atoms with Crippen LogP contribution in [0.25, 0.3) is 10.8 Å². The normalized spacial score (nSPS) is 17.0. The molecule has 234 valence electrons. The number of ether oxygens (including phenoxy) is 6. The molecule has 0 bridgehead atoms. The number of fused-ring (bicyclic) bond motifs is 1. The van der Waals surface area contributed by atoms with Crippen molar-refractivity contribution >= 4 is 34.0 Å². The van der Waals surface area contributed by atoms with Gasteiger partial charge in [0, 0.05) is 47.8 Å². The van der Waals surface area contributed by atoms with Gasteiger partial charge in [0.05, 0.1) is 47.3 Å². The fourth-order valence-corrected chi connectivity index (χ4v) is 6.05. The Morgan fingerprint density at radius 2 is 1.50 bits per heavy atom. The predicted molar refractivity (Wildman–Crippen MR) is 175 cm³/mol. The Balaban J connectivity index is 1.22. The summed E-state index contributed by atoms with van der Waals surface area (Å²) in [5.41, 5.74) is 2.11. The Morgan fingerprint density at radius 3 is 2.20 bits per heavy atom. The van der Waals surface area contributed by atoms with Crippen LogP contribution in [0.5, 0.6) is 28.7 Å². The van der Waals surface area contributed by atoms with Crippen molar-refractivity contribution < 1.29 is 28.4 Å². The van der Waals surface area contributed by atoms with Crippen LogP contribution in [0.3, 0.4) is 0 Å². The summed E-state index contributed by atoms with van der Waals surface area (Å²) >= 11 is 12.6. The third-order valence-electron chi connectivity index (χ3n) is 7.95. The van der Waals surface area contributed by atoms with Crippen LogP contribution < -0.4 is 23.7 Å². The van der Waals surface area contributed by atoms with Crippen LogP contribution in [0.15, 0.2) is 78.9 Å². The SMILES string of the molecule is COc1cccc(OCCCOc2ccc(C3CCN(C(Cl)Cl)CC3OCc3cc(OC)c4ccccc4c3OC)cc2)c1. The van der Waals surface area contributed by atoms with E-state index in [1.54, 1.807) is 21.3 Å². The summed E-state index contributed by atoms with van der Waals surface area (Å²) in [6, 6.07) is 25.9. The second kappa shape index (κ2) is 15.6. The van der Waals surface area contributed by atoms with E-state index >= 15 is 0 Å². The molecule has 1 aliphatic heterocycles. The van der Waals surface area contributed by atoms with Gasteiger partial charge in [-0.1, -0.05) is 65.7 Å². The Hall–Kier alpha value is -3.36. The molecule has 0 amide bonds. The van der Waals surface area contributed by atoms with Gasteiger partial charge in [-0.05, 0) is 42.3 Å². The van der Waals surface area contributed by atoms with Crippen LogP contribution in [0.4, 0.5) is 0 Å². The van der Waals surface area contributed by atoms with Crippen LogP contribution in [0, 0.1) is 0 Å². The van der Waals surface area contributed by atoms with Crippen molar-refractivity contribution in [3.8, 4) is 28.7 Å². The maximum atomic E-state index is 6.63. The second-order valence-electron chi connectivity index (χ2n) is 10.6. The topological polar surface area (TPSA) is 58.6 Å². The number of rotatable bonds is 14. The van der Waals surface area contributed by atoms with Gasteiger partial charge in [-0.25, -0.2) is 0 Å². The molecule has 1 fully saturated rings. The number of benzene rings is 4. The molecule has 9 heteroatoms. The minimum Gasteiger partial charge on any atom is -0.497 e. The standard InChI is InChI=1S/C35H39Cl2NO6/c1-39-27-8-6-9-28(21-27)43-19-7-18-42-26-14-12-24(13-15-26)29-16-17-38(35(36)37)22-33(29)44-23-25-20-32(40-2)30-10-4-5-11-31(30)34(25)41-3/h4-6,8-15,20-21,29,33,35H,7,16-19,22-23H2,1-3H3. The van der Waals surface area contributed by atoms with Gasteiger partial charge in [0.2, 0.25) is 0 Å². The third-order valence-corrected chi connectivity index (χ3v) is 8.51. The van der Waals surface area contributed by atoms with Crippen LogP contribution in [-0.4, -0.2) is 63.6 Å². The first kappa shape index (κ1) is 32.0. The molecule has 0 radical (unpaired) electrons. The average molecular weight is 641 g/mol. The molecule has 1 aliphatic rings. The van der Waals surface area contributed by atoms with Crippen LogP contribution in [-0.2, 0) is 11.3 Å². The van der Waals surface area contributed by atoms with E-state index < -0.39 is 4.96 Å². The van der Waals surface area contributed by atoms with Crippen LogP contribution >= 0.6 is 23.2 Å². The number of hydrogen-bond donors (Lipinski definition) is 0. The molecule has 1 heterocycles. The second-order valence-corrected chi connectivity index (χ2v) is 11.7. The highest BCUT2D eigenvalue weighted by Crippen LogP contribution is 2.39. The van der Waals surface area contributed by atoms with Crippen molar-refractivity contribution in [1.29, 1.82) is 0 Å². The smallest absolute Gasteiger partial charge is 0.160 e. The van der Waals surface area contributed by atoms with Gasteiger partial charge >= 0.3 is 0 Å². The van der Waals surface area contributed by atoms with E-state index in [9.17, 15) is 0 Å². The van der Waals surface area contributed by atoms with Gasteiger partial charge in [-0.3, -0.25) is 4.90 Å². The van der Waals surface area contributed by atoms with Crippen molar-refractivity contribution in [1.82, 2.24) is 4.90 Å². The molecule has 0 aromatic heterocycles. The summed E-state index contributed by atoms with van der Waals surface area (Å²) in [5, 5.41) is 1.98. The highest BCUT2D eigenvalue weighted by atomic mass is 35.5. The highest BCUT2D eigenvalue weighted by Gasteiger charge is 2.33. The Labute approximate surface area is 269 Å². The number of hydrogen-bond acceptors (Lipinski definition) is 7. The molecular weight excluding hydrogens is 601 g/mol. The molecule has 44 heavy (non-hydrogen) atoms. The molecule has 0 N–H and O–H groups in total. The summed E-state index contributed by atoms with van der Waals surface area (Å²) in [7, 11) is 5.01. The number of piperidine rings is 1. The molecule has 0 spiro atoms. The quantitative estimate of drug-likeness (QED) is 0.0791. The zero-order chi connectivity index (χ0) is 30.9. The predicted octanol–water partition coefficient (Wildman–Crippen LogP) is 7.85. The first-order valence-corrected chi connectivity index (χ1v) is 15.6. The molecule has 5 rings (SSSR count). The minimum atomic E-state index is -0.596. The van der Waals surface area contributed by atoms with Crippen molar-refractivity contribution in [2.75, 3.05) is 47.6 Å². The number of halogens is 2. The summed E-state index contributed by atoms with van der Waals surface area (Å²) in [6.45, 7) is 2.85. The highest BCUT2D eigenvalue weighted by molar-refractivity contribution is 6.43. The monoisotopic (exact) mass is 639 g/mol. The number of likely N-dealkylation sites (tertiary alicyclic amines) is 1. The Kier molecular flexibility index (Phi) is 11.3. The van der Waals surface area contributed by atoms with Gasteiger partial charge in [0.15, 0.2) is 4.96 Å². The first-order chi connectivity index (χ1) is 21.5. The van der Waals surface area contributed by atoms with Crippen molar-refractivity contribution in [2.24, 2.45) is 0 Å². The molecule has 0 aliphatic carbocycles. The summed E-state index contributed by atoms with van der Waals surface area (Å²) in [4.78, 5) is 1.44. The van der Waals surface area contributed by atoms with E-state index in [0.717, 1.165) is 64.5 Å². The van der Waals surface area contributed by atoms with E-state index in [1.807, 2.05) is 71.6 Å². The van der Waals surface area contributed by atoms with Crippen LogP contribution in [0.2, 0.25) is 0 Å². The molecule has 4 aromatic rings. The minimum absolute atomic E-state index is 0.133. The lowest BCUT2D eigenvalue weighted by Crippen LogP contribution is -2.45. The van der Waals surface area contributed by atoms with Gasteiger partial charge < -0.3 is 28.4 Å². The fourth-order valence-electron chi connectivity index (χ4n) is 5.69. The maximum absolute atomic E-state index is 6.63. The largest absolute Gasteiger partial charge is 0.497 e. The van der Waals surface area contributed by atoms with Gasteiger partial charge in [-0.2, -0.15) is 0 Å². The zero-order valence-corrected chi connectivity index (χ0v) is 26.9. The van der Waals surface area contributed by atoms with E-state index in [1.165, 1.54) is 5.56 Å². The summed E-state index contributed by atoms with van der Waals surface area (Å²) in [6.07, 6.45) is 1.49. The Morgan fingerprint density at radius 1 is 0.773 bits per heavy atom. The first-order valence-electron chi connectivity index (χ1n) is 14.8. The lowest BCUT2D eigenvalue weighted by molar-refractivity contribution is -0.0231. The lowest BCUT2D eigenvalue weighted by atomic mass is 9.87. The number of nitrogens with zero attached hydrogens (tertiary/aromatic N) is 1. The summed E-state index contributed by atoms with van der Waals surface area (Å²) in [5.74, 6) is 4.11. The lowest BCUT2D eigenvalue weighted by Gasteiger charge is -2.39. The van der Waals surface area contributed by atoms with Gasteiger partial charge in [-0.15, -0.1) is 0 Å². The molecular formula is C35H39Cl2NO6. The molecule has 2 atom stereocenters. The Bertz CT molecular complexity index is 1500. The maximum Gasteiger partial charge on any atom is 0.160 e. The molecule has 7 nitrogen and oxygen atoms in total. The number of alkyl halides is 2. The van der Waals surface area contributed by atoms with E-state index in [0.29, 0.717) is 26.4 Å². The molecule has 2 unspecified atom stereocenters. The van der Waals surface area contributed by atoms with Crippen molar-refractivity contribution in [3.63, 3.8) is 0 Å². The molecule has 1 saturated heterocycles. The van der Waals surface area contributed by atoms with E-state index in [2.05, 4.69) is 12.1 Å². The van der Waals surface area contributed by atoms with Gasteiger partial charge in [0.25, 0.3) is 0 Å². The average Bonchev–Trinajstić information content (AvgIpc) is 3.06. The van der Waals surface area contributed by atoms with Crippen molar-refractivity contribution in [2.45, 2.75) is 36.4 Å².